The van der Waals surface area contributed by atoms with Crippen LogP contribution in [0, 0.1) is 0 Å². The SMILES string of the molecule is COCOn1c(=O)/c(=C/c2ccc(OC)cc2)[nH]/c(=C/c2ccccc2)c1=O. The molecule has 144 valence electrons. The van der Waals surface area contributed by atoms with E-state index in [0.717, 1.165) is 11.1 Å². The minimum absolute atomic E-state index is 0.197. The van der Waals surface area contributed by atoms with Gasteiger partial charge in [-0.3, -0.25) is 9.59 Å². The van der Waals surface area contributed by atoms with Gasteiger partial charge in [0.1, 0.15) is 16.4 Å². The third kappa shape index (κ3) is 4.39. The molecule has 1 aromatic heterocycles. The summed E-state index contributed by atoms with van der Waals surface area (Å²) in [6.45, 7) is -0.230. The van der Waals surface area contributed by atoms with Crippen LogP contribution >= 0.6 is 0 Å². The van der Waals surface area contributed by atoms with Gasteiger partial charge in [0.05, 0.1) is 7.11 Å². The summed E-state index contributed by atoms with van der Waals surface area (Å²) in [6.07, 6.45) is 3.29. The molecule has 0 bridgehead atoms. The van der Waals surface area contributed by atoms with Gasteiger partial charge in [-0.1, -0.05) is 47.2 Å². The van der Waals surface area contributed by atoms with Crippen molar-refractivity contribution in [3.05, 3.63) is 97.1 Å². The van der Waals surface area contributed by atoms with E-state index in [2.05, 4.69) is 4.98 Å². The van der Waals surface area contributed by atoms with Crippen LogP contribution in [-0.2, 0) is 4.74 Å². The van der Waals surface area contributed by atoms with Gasteiger partial charge in [-0.2, -0.15) is 0 Å². The maximum atomic E-state index is 12.7. The summed E-state index contributed by atoms with van der Waals surface area (Å²) in [5.41, 5.74) is 0.362. The van der Waals surface area contributed by atoms with E-state index in [9.17, 15) is 9.59 Å². The number of ether oxygens (including phenoxy) is 2. The van der Waals surface area contributed by atoms with Crippen LogP contribution in [0.25, 0.3) is 12.2 Å². The summed E-state index contributed by atoms with van der Waals surface area (Å²) in [7, 11) is 2.99. The number of aromatic nitrogens is 2. The van der Waals surface area contributed by atoms with Gasteiger partial charge in [0, 0.05) is 7.11 Å². The van der Waals surface area contributed by atoms with Crippen molar-refractivity contribution in [1.29, 1.82) is 0 Å². The summed E-state index contributed by atoms with van der Waals surface area (Å²) in [6, 6.07) is 16.5. The highest BCUT2D eigenvalue weighted by molar-refractivity contribution is 5.50. The molecule has 0 amide bonds. The normalized spacial score (nSPS) is 12.2. The molecule has 1 heterocycles. The van der Waals surface area contributed by atoms with Gasteiger partial charge in [0.15, 0.2) is 0 Å². The fraction of sp³-hybridized carbons (Fsp3) is 0.143. The Morgan fingerprint density at radius 2 is 1.43 bits per heavy atom. The summed E-state index contributed by atoms with van der Waals surface area (Å²) >= 11 is 0. The number of H-pyrrole nitrogens is 1. The van der Waals surface area contributed by atoms with E-state index < -0.39 is 11.1 Å². The summed E-state index contributed by atoms with van der Waals surface area (Å²) in [5, 5.41) is 0.407. The fourth-order valence-electron chi connectivity index (χ4n) is 2.56. The molecule has 0 aliphatic carbocycles. The first-order valence-electron chi connectivity index (χ1n) is 8.52. The first-order chi connectivity index (χ1) is 13.6. The van der Waals surface area contributed by atoms with Crippen molar-refractivity contribution >= 4 is 12.2 Å². The van der Waals surface area contributed by atoms with Crippen LogP contribution < -0.4 is 31.4 Å². The molecule has 0 unspecified atom stereocenters. The van der Waals surface area contributed by atoms with E-state index in [1.54, 1.807) is 43.5 Å². The largest absolute Gasteiger partial charge is 0.497 e. The third-order valence-electron chi connectivity index (χ3n) is 3.94. The zero-order valence-corrected chi connectivity index (χ0v) is 15.5. The Hall–Kier alpha value is -3.58. The zero-order valence-electron chi connectivity index (χ0n) is 15.5. The van der Waals surface area contributed by atoms with Crippen molar-refractivity contribution in [3.63, 3.8) is 0 Å². The number of methoxy groups -OCH3 is 2. The molecule has 7 heteroatoms. The second kappa shape index (κ2) is 8.88. The zero-order chi connectivity index (χ0) is 19.9. The monoisotopic (exact) mass is 380 g/mol. The van der Waals surface area contributed by atoms with Gasteiger partial charge in [-0.25, -0.2) is 0 Å². The molecule has 7 nitrogen and oxygen atoms in total. The van der Waals surface area contributed by atoms with E-state index in [1.807, 2.05) is 30.3 Å². The van der Waals surface area contributed by atoms with Crippen LogP contribution in [0.15, 0.2) is 64.2 Å². The first-order valence-corrected chi connectivity index (χ1v) is 8.52. The highest BCUT2D eigenvalue weighted by atomic mass is 16.8. The molecule has 0 saturated carbocycles. The van der Waals surface area contributed by atoms with E-state index >= 15 is 0 Å². The van der Waals surface area contributed by atoms with Crippen LogP contribution in [0.4, 0.5) is 0 Å². The Bertz CT molecular complexity index is 1160. The number of nitrogens with zero attached hydrogens (tertiary/aromatic N) is 1. The Balaban J connectivity index is 2.22. The van der Waals surface area contributed by atoms with Crippen molar-refractivity contribution in [3.8, 4) is 5.75 Å². The highest BCUT2D eigenvalue weighted by Gasteiger charge is 2.07. The minimum atomic E-state index is -0.608. The Morgan fingerprint density at radius 1 is 0.857 bits per heavy atom. The molecule has 0 aliphatic heterocycles. The molecule has 28 heavy (non-hydrogen) atoms. The number of hydrogen-bond acceptors (Lipinski definition) is 5. The van der Waals surface area contributed by atoms with Crippen molar-refractivity contribution in [1.82, 2.24) is 9.71 Å². The first kappa shape index (κ1) is 19.2. The number of benzene rings is 2. The lowest BCUT2D eigenvalue weighted by Gasteiger charge is -2.06. The molecule has 0 saturated heterocycles. The minimum Gasteiger partial charge on any atom is -0.497 e. The molecular formula is C21H20N2O5. The predicted octanol–water partition coefficient (Wildman–Crippen LogP) is 0.235. The second-order valence-electron chi connectivity index (χ2n) is 5.87. The molecule has 3 aromatic rings. The van der Waals surface area contributed by atoms with Crippen LogP contribution in [0.2, 0.25) is 0 Å². The van der Waals surface area contributed by atoms with Gasteiger partial charge in [0.2, 0.25) is 6.79 Å². The van der Waals surface area contributed by atoms with E-state index in [0.29, 0.717) is 10.5 Å². The van der Waals surface area contributed by atoms with Crippen molar-refractivity contribution in [2.24, 2.45) is 0 Å². The molecule has 1 N–H and O–H groups in total. The Labute approximate surface area is 160 Å². The number of rotatable bonds is 6. The molecular weight excluding hydrogens is 360 g/mol. The summed E-state index contributed by atoms with van der Waals surface area (Å²) < 4.78 is 10.7. The Kier molecular flexibility index (Phi) is 6.08. The lowest BCUT2D eigenvalue weighted by atomic mass is 10.2. The van der Waals surface area contributed by atoms with Gasteiger partial charge < -0.3 is 19.3 Å². The molecule has 2 aromatic carbocycles. The van der Waals surface area contributed by atoms with E-state index in [4.69, 9.17) is 14.3 Å². The molecule has 0 radical (unpaired) electrons. The van der Waals surface area contributed by atoms with E-state index in [-0.39, 0.29) is 17.5 Å². The summed E-state index contributed by atoms with van der Waals surface area (Å²) in [4.78, 5) is 33.5. The average molecular weight is 380 g/mol. The average Bonchev–Trinajstić information content (AvgIpc) is 2.73. The molecule has 3 rings (SSSR count). The lowest BCUT2D eigenvalue weighted by Crippen LogP contribution is -2.55. The highest BCUT2D eigenvalue weighted by Crippen LogP contribution is 2.11. The maximum absolute atomic E-state index is 12.7. The lowest BCUT2D eigenvalue weighted by molar-refractivity contribution is -0.0462. The van der Waals surface area contributed by atoms with Gasteiger partial charge in [0.25, 0.3) is 0 Å². The van der Waals surface area contributed by atoms with Crippen LogP contribution in [0.1, 0.15) is 11.1 Å². The smallest absolute Gasteiger partial charge is 0.310 e. The maximum Gasteiger partial charge on any atom is 0.310 e. The second-order valence-corrected chi connectivity index (χ2v) is 5.87. The molecule has 0 aliphatic rings. The topological polar surface area (TPSA) is 82.5 Å². The summed E-state index contributed by atoms with van der Waals surface area (Å²) in [5.74, 6) is 0.704. The molecule has 0 fully saturated rings. The molecule has 0 spiro atoms. The Morgan fingerprint density at radius 3 is 1.96 bits per heavy atom. The standard InChI is InChI=1S/C21H20N2O5/c1-26-14-28-23-20(24)18(12-15-6-4-3-5-7-15)22-19(21(23)25)13-16-8-10-17(27-2)11-9-16/h3-13,22H,14H2,1-2H3/b18-12+,19-13-. The van der Waals surface area contributed by atoms with Gasteiger partial charge in [-0.15, -0.1) is 0 Å². The predicted molar refractivity (Wildman–Crippen MR) is 106 cm³/mol. The van der Waals surface area contributed by atoms with Crippen LogP contribution in [0.5, 0.6) is 5.75 Å². The number of aromatic amines is 1. The number of hydrogen-bond donors (Lipinski definition) is 1. The number of nitrogens with one attached hydrogen (secondary N) is 1. The van der Waals surface area contributed by atoms with Crippen molar-refractivity contribution in [2.75, 3.05) is 21.0 Å². The van der Waals surface area contributed by atoms with Gasteiger partial charge in [-0.05, 0) is 35.4 Å². The van der Waals surface area contributed by atoms with Gasteiger partial charge >= 0.3 is 11.1 Å². The van der Waals surface area contributed by atoms with E-state index in [1.165, 1.54) is 7.11 Å². The van der Waals surface area contributed by atoms with Crippen molar-refractivity contribution in [2.45, 2.75) is 0 Å². The molecule has 0 atom stereocenters. The third-order valence-corrected chi connectivity index (χ3v) is 3.94. The van der Waals surface area contributed by atoms with Crippen molar-refractivity contribution < 1.29 is 14.3 Å². The fourth-order valence-corrected chi connectivity index (χ4v) is 2.56. The van der Waals surface area contributed by atoms with Crippen LogP contribution in [-0.4, -0.2) is 30.7 Å². The quantitative estimate of drug-likeness (QED) is 0.620. The van der Waals surface area contributed by atoms with Crippen LogP contribution in [0.3, 0.4) is 0 Å².